The van der Waals surface area contributed by atoms with E-state index in [-0.39, 0.29) is 12.4 Å². The maximum atomic E-state index is 10.9. The first-order valence-corrected chi connectivity index (χ1v) is 5.34. The second-order valence-corrected chi connectivity index (χ2v) is 3.92. The molecule has 0 saturated carbocycles. The van der Waals surface area contributed by atoms with Gasteiger partial charge in [-0.3, -0.25) is 0 Å². The van der Waals surface area contributed by atoms with Gasteiger partial charge in [0, 0.05) is 6.61 Å². The molecule has 1 aromatic heterocycles. The molecule has 1 rings (SSSR count). The molecule has 0 fully saturated rings. The van der Waals surface area contributed by atoms with E-state index in [0.29, 0.717) is 30.5 Å². The minimum absolute atomic E-state index is 0.0663. The first-order chi connectivity index (χ1) is 7.54. The largest absolute Gasteiger partial charge is 0.475 e. The van der Waals surface area contributed by atoms with Crippen LogP contribution in [0.2, 0.25) is 0 Å². The van der Waals surface area contributed by atoms with E-state index in [0.717, 1.165) is 0 Å². The van der Waals surface area contributed by atoms with E-state index < -0.39 is 5.97 Å². The molecule has 0 unspecified atom stereocenters. The third-order valence-corrected chi connectivity index (χ3v) is 1.97. The van der Waals surface area contributed by atoms with E-state index in [1.165, 1.54) is 0 Å². The molecule has 0 atom stereocenters. The summed E-state index contributed by atoms with van der Waals surface area (Å²) in [6.07, 6.45) is 0.595. The summed E-state index contributed by atoms with van der Waals surface area (Å²) in [7, 11) is 0. The number of carboxylic acid groups (broad SMARTS) is 1. The number of hydrogen-bond acceptors (Lipinski definition) is 4. The Morgan fingerprint density at radius 1 is 1.56 bits per heavy atom. The summed E-state index contributed by atoms with van der Waals surface area (Å²) in [5.41, 5.74) is 0.497. The Morgan fingerprint density at radius 2 is 2.25 bits per heavy atom. The van der Waals surface area contributed by atoms with Gasteiger partial charge in [0.05, 0.1) is 5.69 Å². The molecule has 90 valence electrons. The van der Waals surface area contributed by atoms with Crippen LogP contribution in [-0.2, 0) is 17.8 Å². The van der Waals surface area contributed by atoms with Gasteiger partial charge in [-0.05, 0) is 19.3 Å². The second-order valence-electron chi connectivity index (χ2n) is 3.92. The summed E-state index contributed by atoms with van der Waals surface area (Å²) in [4.78, 5) is 15.1. The molecule has 1 N–H and O–H groups in total. The average molecular weight is 227 g/mol. The monoisotopic (exact) mass is 227 g/mol. The lowest BCUT2D eigenvalue weighted by molar-refractivity contribution is 0.0647. The molecule has 16 heavy (non-hydrogen) atoms. The summed E-state index contributed by atoms with van der Waals surface area (Å²) < 4.78 is 10.3. The van der Waals surface area contributed by atoms with E-state index in [9.17, 15) is 4.79 Å². The lowest BCUT2D eigenvalue weighted by atomic mass is 10.1. The highest BCUT2D eigenvalue weighted by atomic mass is 16.5. The predicted molar refractivity (Wildman–Crippen MR) is 57.3 cm³/mol. The summed E-state index contributed by atoms with van der Waals surface area (Å²) in [6, 6.07) is 0. The van der Waals surface area contributed by atoms with Gasteiger partial charge in [0.15, 0.2) is 0 Å². The van der Waals surface area contributed by atoms with Crippen molar-refractivity contribution in [2.75, 3.05) is 6.61 Å². The molecule has 0 aliphatic carbocycles. The summed E-state index contributed by atoms with van der Waals surface area (Å²) in [6.45, 7) is 6.63. The van der Waals surface area contributed by atoms with Crippen LogP contribution in [0.1, 0.15) is 42.9 Å². The van der Waals surface area contributed by atoms with Gasteiger partial charge in [-0.1, -0.05) is 13.8 Å². The molecule has 1 heterocycles. The normalized spacial score (nSPS) is 11.0. The molecule has 0 saturated heterocycles. The van der Waals surface area contributed by atoms with Gasteiger partial charge in [0.2, 0.25) is 11.7 Å². The van der Waals surface area contributed by atoms with Crippen LogP contribution >= 0.6 is 0 Å². The van der Waals surface area contributed by atoms with Crippen LogP contribution in [0.15, 0.2) is 4.42 Å². The van der Waals surface area contributed by atoms with Gasteiger partial charge < -0.3 is 14.3 Å². The van der Waals surface area contributed by atoms with Crippen LogP contribution in [-0.4, -0.2) is 22.7 Å². The molecule has 0 radical (unpaired) electrons. The first-order valence-electron chi connectivity index (χ1n) is 5.34. The Morgan fingerprint density at radius 3 is 2.75 bits per heavy atom. The van der Waals surface area contributed by atoms with Crippen LogP contribution in [0.25, 0.3) is 0 Å². The molecule has 0 aromatic carbocycles. The zero-order valence-corrected chi connectivity index (χ0v) is 9.82. The lowest BCUT2D eigenvalue weighted by Gasteiger charge is -2.00. The Bertz CT molecular complexity index is 357. The molecule has 0 aliphatic rings. The van der Waals surface area contributed by atoms with Crippen molar-refractivity contribution in [3.05, 3.63) is 17.3 Å². The lowest BCUT2D eigenvalue weighted by Crippen LogP contribution is -2.03. The Hall–Kier alpha value is -1.36. The fourth-order valence-corrected chi connectivity index (χ4v) is 1.34. The number of nitrogens with zero attached hydrogens (tertiary/aromatic N) is 1. The molecule has 0 aliphatic heterocycles. The molecule has 0 amide bonds. The van der Waals surface area contributed by atoms with Gasteiger partial charge in [-0.25, -0.2) is 9.78 Å². The van der Waals surface area contributed by atoms with Crippen molar-refractivity contribution in [1.82, 2.24) is 4.98 Å². The molecular formula is C11H17NO4. The number of oxazole rings is 1. The predicted octanol–water partition coefficient (Wildman–Crippen LogP) is 2.11. The van der Waals surface area contributed by atoms with Crippen molar-refractivity contribution >= 4 is 5.97 Å². The zero-order valence-electron chi connectivity index (χ0n) is 9.82. The maximum absolute atomic E-state index is 10.9. The summed E-state index contributed by atoms with van der Waals surface area (Å²) >= 11 is 0. The van der Waals surface area contributed by atoms with Crippen LogP contribution in [0.5, 0.6) is 0 Å². The summed E-state index contributed by atoms with van der Waals surface area (Å²) in [5, 5.41) is 8.94. The SMILES string of the molecule is CCOCc1nc(CC(C)C)c(C(=O)O)o1. The van der Waals surface area contributed by atoms with Crippen molar-refractivity contribution in [2.24, 2.45) is 5.92 Å². The van der Waals surface area contributed by atoms with E-state index >= 15 is 0 Å². The highest BCUT2D eigenvalue weighted by Crippen LogP contribution is 2.16. The number of ether oxygens (including phenoxy) is 1. The highest BCUT2D eigenvalue weighted by Gasteiger charge is 2.19. The van der Waals surface area contributed by atoms with Crippen molar-refractivity contribution in [1.29, 1.82) is 0 Å². The third kappa shape index (κ3) is 3.34. The standard InChI is InChI=1S/C11H17NO4/c1-4-15-6-9-12-8(5-7(2)3)10(16-9)11(13)14/h7H,4-6H2,1-3H3,(H,13,14). The van der Waals surface area contributed by atoms with Gasteiger partial charge in [-0.2, -0.15) is 0 Å². The Labute approximate surface area is 94.4 Å². The third-order valence-electron chi connectivity index (χ3n) is 1.97. The van der Waals surface area contributed by atoms with Crippen molar-refractivity contribution in [2.45, 2.75) is 33.8 Å². The molecule has 1 aromatic rings. The van der Waals surface area contributed by atoms with Crippen LogP contribution in [0.4, 0.5) is 0 Å². The topological polar surface area (TPSA) is 72.6 Å². The summed E-state index contributed by atoms with van der Waals surface area (Å²) in [5.74, 6) is -0.479. The van der Waals surface area contributed by atoms with Crippen LogP contribution in [0, 0.1) is 5.92 Å². The van der Waals surface area contributed by atoms with Crippen molar-refractivity contribution in [3.63, 3.8) is 0 Å². The number of aromatic nitrogens is 1. The Balaban J connectivity index is 2.86. The number of aromatic carboxylic acids is 1. The molecule has 0 bridgehead atoms. The highest BCUT2D eigenvalue weighted by molar-refractivity contribution is 5.85. The molecule has 0 spiro atoms. The number of rotatable bonds is 6. The smallest absolute Gasteiger partial charge is 0.373 e. The fraction of sp³-hybridized carbons (Fsp3) is 0.636. The molecular weight excluding hydrogens is 210 g/mol. The van der Waals surface area contributed by atoms with Crippen molar-refractivity contribution < 1.29 is 19.1 Å². The van der Waals surface area contributed by atoms with Crippen LogP contribution in [0.3, 0.4) is 0 Å². The quantitative estimate of drug-likeness (QED) is 0.805. The van der Waals surface area contributed by atoms with E-state index in [2.05, 4.69) is 4.98 Å². The average Bonchev–Trinajstić information content (AvgIpc) is 2.57. The van der Waals surface area contributed by atoms with Gasteiger partial charge in [0.25, 0.3) is 0 Å². The first kappa shape index (κ1) is 12.7. The zero-order chi connectivity index (χ0) is 12.1. The fourth-order valence-electron chi connectivity index (χ4n) is 1.34. The second kappa shape index (κ2) is 5.65. The molecule has 5 heteroatoms. The van der Waals surface area contributed by atoms with Crippen LogP contribution < -0.4 is 0 Å². The number of carboxylic acids is 1. The molecule has 5 nitrogen and oxygen atoms in total. The minimum atomic E-state index is -1.08. The maximum Gasteiger partial charge on any atom is 0.373 e. The van der Waals surface area contributed by atoms with Crippen molar-refractivity contribution in [3.8, 4) is 0 Å². The van der Waals surface area contributed by atoms with Gasteiger partial charge >= 0.3 is 5.97 Å². The minimum Gasteiger partial charge on any atom is -0.475 e. The van der Waals surface area contributed by atoms with E-state index in [1.54, 1.807) is 0 Å². The van der Waals surface area contributed by atoms with E-state index in [4.69, 9.17) is 14.3 Å². The Kier molecular flexibility index (Phi) is 4.49. The number of hydrogen-bond donors (Lipinski definition) is 1. The number of carbonyl (C=O) groups is 1. The van der Waals surface area contributed by atoms with E-state index in [1.807, 2.05) is 20.8 Å². The van der Waals surface area contributed by atoms with Gasteiger partial charge in [0.1, 0.15) is 6.61 Å². The van der Waals surface area contributed by atoms with Gasteiger partial charge in [-0.15, -0.1) is 0 Å².